The minimum Gasteiger partial charge on any atom is -0.545 e. The highest BCUT2D eigenvalue weighted by Crippen LogP contribution is 2.26. The van der Waals surface area contributed by atoms with E-state index in [4.69, 9.17) is 5.73 Å². The van der Waals surface area contributed by atoms with E-state index in [0.29, 0.717) is 5.56 Å². The number of nitrogens with one attached hydrogen (secondary N) is 1. The standard InChI is InChI=1S/C20H16N8O4/c1-11-6-8-12(9-7-11)16-15(23-27-28(16)18-17(21)25-32-26-18)19(29)24-22-10-13-4-2-3-5-14(13)20(30)31/h2-10H,1H3,(H2,21,25)(H,24,29)(H,30,31)/p-1. The van der Waals surface area contributed by atoms with Crippen molar-refractivity contribution in [3.8, 4) is 17.1 Å². The van der Waals surface area contributed by atoms with Crippen molar-refractivity contribution in [2.24, 2.45) is 5.10 Å². The number of nitrogen functional groups attached to an aromatic ring is 1. The molecule has 2 heterocycles. The molecule has 1 amide bonds. The number of rotatable bonds is 6. The summed E-state index contributed by atoms with van der Waals surface area (Å²) < 4.78 is 5.87. The number of benzene rings is 2. The highest BCUT2D eigenvalue weighted by Gasteiger charge is 2.25. The predicted molar refractivity (Wildman–Crippen MR) is 110 cm³/mol. The average Bonchev–Trinajstić information content (AvgIpc) is 3.40. The van der Waals surface area contributed by atoms with Crippen molar-refractivity contribution in [1.29, 1.82) is 0 Å². The SMILES string of the molecule is Cc1ccc(-c2c(C(=O)NN=Cc3ccccc3C(=O)[O-])nnn2-c2nonc2N)cc1. The molecule has 0 bridgehead atoms. The first-order valence-electron chi connectivity index (χ1n) is 9.20. The molecule has 0 unspecified atom stereocenters. The first kappa shape index (κ1) is 20.4. The third-order valence-corrected chi connectivity index (χ3v) is 4.46. The number of hydrogen-bond acceptors (Lipinski definition) is 10. The molecule has 0 aliphatic rings. The molecule has 0 saturated heterocycles. The molecule has 0 aliphatic heterocycles. The third-order valence-electron chi connectivity index (χ3n) is 4.46. The van der Waals surface area contributed by atoms with E-state index < -0.39 is 11.9 Å². The Hall–Kier alpha value is -4.87. The van der Waals surface area contributed by atoms with Gasteiger partial charge in [-0.25, -0.2) is 10.1 Å². The van der Waals surface area contributed by atoms with Gasteiger partial charge in [0.1, 0.15) is 5.69 Å². The zero-order chi connectivity index (χ0) is 22.7. The van der Waals surface area contributed by atoms with Gasteiger partial charge in [0.15, 0.2) is 5.69 Å². The van der Waals surface area contributed by atoms with E-state index in [2.05, 4.69) is 35.8 Å². The number of carboxylic acid groups (broad SMARTS) is 1. The van der Waals surface area contributed by atoms with Crippen molar-refractivity contribution in [2.75, 3.05) is 5.73 Å². The van der Waals surface area contributed by atoms with Crippen molar-refractivity contribution < 1.29 is 19.3 Å². The van der Waals surface area contributed by atoms with Gasteiger partial charge in [-0.1, -0.05) is 59.3 Å². The van der Waals surface area contributed by atoms with E-state index in [1.165, 1.54) is 23.0 Å². The molecule has 4 aromatic rings. The number of carboxylic acids is 1. The summed E-state index contributed by atoms with van der Waals surface area (Å²) in [5.74, 6) is -2.02. The molecular formula is C20H15N8O4-. The van der Waals surface area contributed by atoms with Crippen LogP contribution in [0.25, 0.3) is 17.1 Å². The van der Waals surface area contributed by atoms with Gasteiger partial charge < -0.3 is 15.6 Å². The van der Waals surface area contributed by atoms with Crippen molar-refractivity contribution in [3.63, 3.8) is 0 Å². The number of nitrogens with two attached hydrogens (primary N) is 1. The Morgan fingerprint density at radius 3 is 2.59 bits per heavy atom. The first-order chi connectivity index (χ1) is 15.5. The second kappa shape index (κ2) is 8.47. The van der Waals surface area contributed by atoms with E-state index in [0.717, 1.165) is 5.56 Å². The minimum atomic E-state index is -1.36. The quantitative estimate of drug-likeness (QED) is 0.322. The van der Waals surface area contributed by atoms with Crippen LogP contribution in [0.15, 0.2) is 58.3 Å². The van der Waals surface area contributed by atoms with E-state index >= 15 is 0 Å². The molecule has 12 heteroatoms. The van der Waals surface area contributed by atoms with Crippen LogP contribution in [0.3, 0.4) is 0 Å². The number of hydrogen-bond donors (Lipinski definition) is 2. The van der Waals surface area contributed by atoms with E-state index in [9.17, 15) is 14.7 Å². The molecule has 0 radical (unpaired) electrons. The smallest absolute Gasteiger partial charge is 0.294 e. The van der Waals surface area contributed by atoms with Crippen LogP contribution in [0, 0.1) is 6.92 Å². The second-order valence-corrected chi connectivity index (χ2v) is 6.61. The molecule has 0 aliphatic carbocycles. The summed E-state index contributed by atoms with van der Waals surface area (Å²) in [5.41, 5.74) is 10.1. The lowest BCUT2D eigenvalue weighted by Gasteiger charge is -2.07. The molecule has 32 heavy (non-hydrogen) atoms. The maximum atomic E-state index is 12.8. The largest absolute Gasteiger partial charge is 0.545 e. The van der Waals surface area contributed by atoms with Gasteiger partial charge in [-0.3, -0.25) is 4.79 Å². The Morgan fingerprint density at radius 2 is 1.91 bits per heavy atom. The molecule has 4 rings (SSSR count). The number of nitrogens with zero attached hydrogens (tertiary/aromatic N) is 6. The number of aromatic carboxylic acids is 1. The number of carbonyl (C=O) groups is 2. The summed E-state index contributed by atoms with van der Waals surface area (Å²) in [7, 11) is 0. The van der Waals surface area contributed by atoms with Crippen LogP contribution in [-0.4, -0.2) is 43.4 Å². The topological polar surface area (TPSA) is 177 Å². The van der Waals surface area contributed by atoms with Crippen LogP contribution in [0.1, 0.15) is 32.0 Å². The summed E-state index contributed by atoms with van der Waals surface area (Å²) in [5, 5.41) is 30.2. The molecule has 2 aromatic carbocycles. The highest BCUT2D eigenvalue weighted by atomic mass is 16.6. The molecule has 0 atom stereocenters. The van der Waals surface area contributed by atoms with Crippen molar-refractivity contribution in [2.45, 2.75) is 6.92 Å². The Balaban J connectivity index is 1.68. The summed E-state index contributed by atoms with van der Waals surface area (Å²) in [6.45, 7) is 1.92. The molecule has 0 spiro atoms. The van der Waals surface area contributed by atoms with Gasteiger partial charge >= 0.3 is 0 Å². The fraction of sp³-hybridized carbons (Fsp3) is 0.0500. The van der Waals surface area contributed by atoms with E-state index in [1.807, 2.05) is 19.1 Å². The molecular weight excluding hydrogens is 416 g/mol. The average molecular weight is 431 g/mol. The van der Waals surface area contributed by atoms with Gasteiger partial charge in [0.05, 0.1) is 12.2 Å². The summed E-state index contributed by atoms with van der Waals surface area (Å²) in [6, 6.07) is 13.4. The van der Waals surface area contributed by atoms with Crippen LogP contribution in [0.5, 0.6) is 0 Å². The Labute approximate surface area is 180 Å². The Bertz CT molecular complexity index is 1320. The zero-order valence-electron chi connectivity index (χ0n) is 16.6. The predicted octanol–water partition coefficient (Wildman–Crippen LogP) is 0.335. The number of hydrazone groups is 1. The van der Waals surface area contributed by atoms with Gasteiger partial charge in [0.25, 0.3) is 5.91 Å². The lowest BCUT2D eigenvalue weighted by atomic mass is 10.1. The Morgan fingerprint density at radius 1 is 1.16 bits per heavy atom. The third kappa shape index (κ3) is 3.92. The van der Waals surface area contributed by atoms with E-state index in [-0.39, 0.29) is 34.2 Å². The van der Waals surface area contributed by atoms with Gasteiger partial charge in [-0.2, -0.15) is 9.78 Å². The van der Waals surface area contributed by atoms with Crippen molar-refractivity contribution >= 4 is 23.9 Å². The maximum absolute atomic E-state index is 12.8. The van der Waals surface area contributed by atoms with Crippen LogP contribution >= 0.6 is 0 Å². The van der Waals surface area contributed by atoms with Gasteiger partial charge in [0, 0.05) is 16.7 Å². The molecule has 0 saturated carbocycles. The summed E-state index contributed by atoms with van der Waals surface area (Å²) >= 11 is 0. The number of aromatic nitrogens is 5. The molecule has 12 nitrogen and oxygen atoms in total. The molecule has 160 valence electrons. The fourth-order valence-corrected chi connectivity index (χ4v) is 2.90. The molecule has 0 fully saturated rings. The van der Waals surface area contributed by atoms with Crippen molar-refractivity contribution in [3.05, 3.63) is 70.9 Å². The number of aryl methyl sites for hydroxylation is 1. The normalized spacial score (nSPS) is 11.0. The van der Waals surface area contributed by atoms with Crippen LogP contribution < -0.4 is 16.3 Å². The Kier molecular flexibility index (Phi) is 5.40. The van der Waals surface area contributed by atoms with Crippen LogP contribution in [-0.2, 0) is 0 Å². The lowest BCUT2D eigenvalue weighted by Crippen LogP contribution is -2.24. The number of anilines is 1. The van der Waals surface area contributed by atoms with Crippen molar-refractivity contribution in [1.82, 2.24) is 30.7 Å². The number of carbonyl (C=O) groups excluding carboxylic acids is 2. The van der Waals surface area contributed by atoms with Crippen LogP contribution in [0.4, 0.5) is 5.82 Å². The maximum Gasteiger partial charge on any atom is 0.294 e. The highest BCUT2D eigenvalue weighted by molar-refractivity contribution is 6.00. The van der Waals surface area contributed by atoms with Gasteiger partial charge in [-0.05, 0) is 17.2 Å². The summed E-state index contributed by atoms with van der Waals surface area (Å²) in [4.78, 5) is 24.0. The molecule has 2 aromatic heterocycles. The fourth-order valence-electron chi connectivity index (χ4n) is 2.90. The lowest BCUT2D eigenvalue weighted by molar-refractivity contribution is -0.255. The van der Waals surface area contributed by atoms with Gasteiger partial charge in [0.2, 0.25) is 11.6 Å². The summed E-state index contributed by atoms with van der Waals surface area (Å²) in [6.07, 6.45) is 1.19. The zero-order valence-corrected chi connectivity index (χ0v) is 16.6. The van der Waals surface area contributed by atoms with Gasteiger partial charge in [-0.15, -0.1) is 5.10 Å². The van der Waals surface area contributed by atoms with E-state index in [1.54, 1.807) is 24.3 Å². The first-order valence-corrected chi connectivity index (χ1v) is 9.20. The van der Waals surface area contributed by atoms with Crippen LogP contribution in [0.2, 0.25) is 0 Å². The second-order valence-electron chi connectivity index (χ2n) is 6.61. The number of amides is 1. The molecule has 3 N–H and O–H groups in total. The minimum absolute atomic E-state index is 0.0351. The monoisotopic (exact) mass is 431 g/mol.